The van der Waals surface area contributed by atoms with Crippen LogP contribution in [0.5, 0.6) is 0 Å². The Morgan fingerprint density at radius 3 is 2.43 bits per heavy atom. The molecule has 0 aromatic carbocycles. The Morgan fingerprint density at radius 2 is 1.93 bits per heavy atom. The normalized spacial score (nSPS) is 10.9. The van der Waals surface area contributed by atoms with E-state index in [0.29, 0.717) is 13.0 Å². The highest BCUT2D eigenvalue weighted by molar-refractivity contribution is 5.82. The highest BCUT2D eigenvalue weighted by atomic mass is 16.5. The summed E-state index contributed by atoms with van der Waals surface area (Å²) in [4.78, 5) is 21.7. The molecule has 0 aromatic heterocycles. The van der Waals surface area contributed by atoms with Crippen LogP contribution in [-0.4, -0.2) is 25.7 Å². The zero-order chi connectivity index (χ0) is 11.0. The van der Waals surface area contributed by atoms with Crippen LogP contribution in [0, 0.1) is 0 Å². The molecular weight excluding hydrogens is 184 g/mol. The number of rotatable bonds is 5. The van der Waals surface area contributed by atoms with Crippen molar-refractivity contribution in [2.24, 2.45) is 0 Å². The summed E-state index contributed by atoms with van der Waals surface area (Å²) >= 11 is 0. The van der Waals surface area contributed by atoms with Crippen molar-refractivity contribution in [1.82, 2.24) is 0 Å². The van der Waals surface area contributed by atoms with Gasteiger partial charge in [-0.05, 0) is 20.3 Å². The van der Waals surface area contributed by atoms with Gasteiger partial charge in [-0.3, -0.25) is 4.79 Å². The second-order valence-electron chi connectivity index (χ2n) is 2.82. The first kappa shape index (κ1) is 12.7. The van der Waals surface area contributed by atoms with Gasteiger partial charge in [0.15, 0.2) is 0 Å². The van der Waals surface area contributed by atoms with Crippen LogP contribution in [0.25, 0.3) is 0 Å². The first-order valence-corrected chi connectivity index (χ1v) is 4.50. The monoisotopic (exact) mass is 200 g/mol. The Balaban J connectivity index is 3.88. The lowest BCUT2D eigenvalue weighted by Crippen LogP contribution is -2.02. The Labute approximate surface area is 83.9 Å². The van der Waals surface area contributed by atoms with Crippen molar-refractivity contribution in [3.8, 4) is 0 Å². The minimum atomic E-state index is -0.366. The van der Waals surface area contributed by atoms with Crippen molar-refractivity contribution in [3.05, 3.63) is 11.6 Å². The van der Waals surface area contributed by atoms with E-state index >= 15 is 0 Å². The van der Waals surface area contributed by atoms with E-state index in [1.54, 1.807) is 13.8 Å². The van der Waals surface area contributed by atoms with Gasteiger partial charge in [-0.2, -0.15) is 0 Å². The Bertz CT molecular complexity index is 230. The summed E-state index contributed by atoms with van der Waals surface area (Å²) in [6.07, 6.45) is 2.20. The van der Waals surface area contributed by atoms with Gasteiger partial charge in [0.2, 0.25) is 0 Å². The van der Waals surface area contributed by atoms with Crippen molar-refractivity contribution < 1.29 is 19.1 Å². The first-order valence-electron chi connectivity index (χ1n) is 4.50. The largest absolute Gasteiger partial charge is 0.469 e. The van der Waals surface area contributed by atoms with E-state index in [9.17, 15) is 9.59 Å². The predicted octanol–water partition coefficient (Wildman–Crippen LogP) is 1.45. The summed E-state index contributed by atoms with van der Waals surface area (Å²) in [6, 6.07) is 0. The molecule has 0 spiro atoms. The molecule has 0 saturated heterocycles. The van der Waals surface area contributed by atoms with Crippen LogP contribution in [0.1, 0.15) is 26.7 Å². The molecule has 0 aromatic rings. The Morgan fingerprint density at radius 1 is 1.29 bits per heavy atom. The van der Waals surface area contributed by atoms with Crippen molar-refractivity contribution in [3.63, 3.8) is 0 Å². The van der Waals surface area contributed by atoms with Crippen molar-refractivity contribution >= 4 is 11.9 Å². The first-order chi connectivity index (χ1) is 6.60. The van der Waals surface area contributed by atoms with Gasteiger partial charge in [0, 0.05) is 12.5 Å². The molecule has 0 fully saturated rings. The summed E-state index contributed by atoms with van der Waals surface area (Å²) in [7, 11) is 1.34. The third kappa shape index (κ3) is 6.22. The van der Waals surface area contributed by atoms with Gasteiger partial charge in [-0.25, -0.2) is 4.79 Å². The summed E-state index contributed by atoms with van der Waals surface area (Å²) in [6.45, 7) is 3.88. The molecule has 0 aliphatic rings. The lowest BCUT2D eigenvalue weighted by molar-refractivity contribution is -0.141. The standard InChI is InChI=1S/C10H16O4/c1-4-14-10(12)7-8(2)5-6-9(11)13-3/h7H,4-6H2,1-3H3. The molecule has 0 radical (unpaired) electrons. The fourth-order valence-electron chi connectivity index (χ4n) is 0.859. The Kier molecular flexibility index (Phi) is 6.45. The van der Waals surface area contributed by atoms with E-state index in [-0.39, 0.29) is 18.4 Å². The molecule has 0 bridgehead atoms. The minimum absolute atomic E-state index is 0.276. The van der Waals surface area contributed by atoms with E-state index in [0.717, 1.165) is 5.57 Å². The molecule has 14 heavy (non-hydrogen) atoms. The van der Waals surface area contributed by atoms with Crippen LogP contribution in [0.2, 0.25) is 0 Å². The van der Waals surface area contributed by atoms with E-state index in [4.69, 9.17) is 4.74 Å². The van der Waals surface area contributed by atoms with Crippen LogP contribution >= 0.6 is 0 Å². The zero-order valence-electron chi connectivity index (χ0n) is 8.83. The van der Waals surface area contributed by atoms with Gasteiger partial charge in [0.05, 0.1) is 13.7 Å². The number of carbonyl (C=O) groups excluding carboxylic acids is 2. The van der Waals surface area contributed by atoms with Gasteiger partial charge >= 0.3 is 11.9 Å². The van der Waals surface area contributed by atoms with Gasteiger partial charge in [0.1, 0.15) is 0 Å². The molecule has 0 aliphatic carbocycles. The van der Waals surface area contributed by atoms with Crippen molar-refractivity contribution in [1.29, 1.82) is 0 Å². The van der Waals surface area contributed by atoms with Gasteiger partial charge in [0.25, 0.3) is 0 Å². The van der Waals surface area contributed by atoms with Crippen molar-refractivity contribution in [2.45, 2.75) is 26.7 Å². The number of hydrogen-bond donors (Lipinski definition) is 0. The number of allylic oxidation sites excluding steroid dienone is 1. The number of esters is 2. The van der Waals surface area contributed by atoms with E-state index in [2.05, 4.69) is 4.74 Å². The molecule has 0 unspecified atom stereocenters. The fourth-order valence-corrected chi connectivity index (χ4v) is 0.859. The number of carbonyl (C=O) groups is 2. The molecule has 0 N–H and O–H groups in total. The maximum absolute atomic E-state index is 11.0. The smallest absolute Gasteiger partial charge is 0.330 e. The van der Waals surface area contributed by atoms with Gasteiger partial charge < -0.3 is 9.47 Å². The molecule has 0 amide bonds. The number of ether oxygens (including phenoxy) is 2. The van der Waals surface area contributed by atoms with Gasteiger partial charge in [-0.15, -0.1) is 0 Å². The third-order valence-electron chi connectivity index (χ3n) is 1.60. The second-order valence-corrected chi connectivity index (χ2v) is 2.82. The van der Waals surface area contributed by atoms with Gasteiger partial charge in [-0.1, -0.05) is 5.57 Å². The predicted molar refractivity (Wildman–Crippen MR) is 51.6 cm³/mol. The Hall–Kier alpha value is -1.32. The summed E-state index contributed by atoms with van der Waals surface area (Å²) in [5, 5.41) is 0. The quantitative estimate of drug-likeness (QED) is 0.498. The summed E-state index contributed by atoms with van der Waals surface area (Å²) in [5.41, 5.74) is 0.814. The molecule has 0 atom stereocenters. The van der Waals surface area contributed by atoms with Crippen LogP contribution in [-0.2, 0) is 19.1 Å². The topological polar surface area (TPSA) is 52.6 Å². The lowest BCUT2D eigenvalue weighted by Gasteiger charge is -2.00. The fraction of sp³-hybridized carbons (Fsp3) is 0.600. The zero-order valence-corrected chi connectivity index (χ0v) is 8.83. The molecule has 4 heteroatoms. The van der Waals surface area contributed by atoms with Crippen LogP contribution < -0.4 is 0 Å². The maximum atomic E-state index is 11.0. The molecule has 0 aliphatic heterocycles. The average Bonchev–Trinajstić information content (AvgIpc) is 2.14. The summed E-state index contributed by atoms with van der Waals surface area (Å²) < 4.78 is 9.18. The molecule has 0 rings (SSSR count). The molecule has 80 valence electrons. The maximum Gasteiger partial charge on any atom is 0.330 e. The van der Waals surface area contributed by atoms with E-state index < -0.39 is 0 Å². The highest BCUT2D eigenvalue weighted by Gasteiger charge is 2.02. The SMILES string of the molecule is CCOC(=O)C=C(C)CCC(=O)OC. The summed E-state index contributed by atoms with van der Waals surface area (Å²) in [5.74, 6) is -0.642. The second kappa shape index (κ2) is 7.12. The molecule has 0 heterocycles. The molecular formula is C10H16O4. The molecule has 0 saturated carbocycles. The van der Waals surface area contributed by atoms with Crippen molar-refractivity contribution in [2.75, 3.05) is 13.7 Å². The van der Waals surface area contributed by atoms with E-state index in [1.165, 1.54) is 13.2 Å². The number of methoxy groups -OCH3 is 1. The minimum Gasteiger partial charge on any atom is -0.469 e. The lowest BCUT2D eigenvalue weighted by atomic mass is 10.1. The number of hydrogen-bond acceptors (Lipinski definition) is 4. The third-order valence-corrected chi connectivity index (χ3v) is 1.60. The van der Waals surface area contributed by atoms with Crippen LogP contribution in [0.4, 0.5) is 0 Å². The average molecular weight is 200 g/mol. The van der Waals surface area contributed by atoms with Crippen LogP contribution in [0.15, 0.2) is 11.6 Å². The highest BCUT2D eigenvalue weighted by Crippen LogP contribution is 2.04. The molecule has 4 nitrogen and oxygen atoms in total. The van der Waals surface area contributed by atoms with Crippen LogP contribution in [0.3, 0.4) is 0 Å². The van der Waals surface area contributed by atoms with E-state index in [1.807, 2.05) is 0 Å².